The summed E-state index contributed by atoms with van der Waals surface area (Å²) in [6.45, 7) is 9.69. The normalized spacial score (nSPS) is 14.1. The Balaban J connectivity index is 5.27. The summed E-state index contributed by atoms with van der Waals surface area (Å²) in [6.07, 6.45) is 66.5. The van der Waals surface area contributed by atoms with Crippen molar-refractivity contribution in [2.75, 3.05) is 39.6 Å². The van der Waals surface area contributed by atoms with Gasteiger partial charge < -0.3 is 33.8 Å². The summed E-state index contributed by atoms with van der Waals surface area (Å²) in [5, 5.41) is 10.7. The van der Waals surface area contributed by atoms with Gasteiger partial charge in [0.25, 0.3) is 0 Å². The third-order valence-corrected chi connectivity index (χ3v) is 22.0. The summed E-state index contributed by atoms with van der Waals surface area (Å²) in [7, 11) is -9.93. The number of hydrogen-bond donors (Lipinski definition) is 3. The SMILES string of the molecule is CCCCCCCCCCCCCCCCCCCCC(=O)O[C@H](COC(=O)CCCCCCCCCCCCCCCCC(C)C)COP(=O)(O)OC[C@@H](O)COP(=O)(O)OC[C@@H](COC(=O)CCCCCCCCCCC(C)CC)OC(=O)CCCCCCCCCCCCCCCCCC. The minimum atomic E-state index is -4.96. The fraction of sp³-hybridized carbons (Fsp3) is 0.952. The van der Waals surface area contributed by atoms with E-state index in [0.717, 1.165) is 102 Å². The van der Waals surface area contributed by atoms with Crippen LogP contribution in [0, 0.1) is 11.8 Å². The summed E-state index contributed by atoms with van der Waals surface area (Å²) < 4.78 is 68.9. The maximum atomic E-state index is 13.1. The first-order valence-corrected chi connectivity index (χ1v) is 46.5. The van der Waals surface area contributed by atoms with Crippen LogP contribution in [-0.2, 0) is 65.4 Å². The van der Waals surface area contributed by atoms with Crippen molar-refractivity contribution in [1.29, 1.82) is 0 Å². The number of esters is 4. The molecule has 3 N–H and O–H groups in total. The van der Waals surface area contributed by atoms with Crippen molar-refractivity contribution in [1.82, 2.24) is 0 Å². The molecule has 3 unspecified atom stereocenters. The number of hydrogen-bond acceptors (Lipinski definition) is 15. The number of phosphoric acid groups is 2. The zero-order chi connectivity index (χ0) is 75.6. The van der Waals surface area contributed by atoms with Crippen LogP contribution < -0.4 is 0 Å². The second kappa shape index (κ2) is 75.5. The molecule has 0 aliphatic carbocycles. The van der Waals surface area contributed by atoms with Gasteiger partial charge in [0, 0.05) is 25.7 Å². The molecule has 0 rings (SSSR count). The highest BCUT2D eigenvalue weighted by Crippen LogP contribution is 2.45. The molecular formula is C84H164O17P2. The van der Waals surface area contributed by atoms with Crippen LogP contribution in [0.4, 0.5) is 0 Å². The molecule has 0 amide bonds. The molecule has 0 fully saturated rings. The zero-order valence-corrected chi connectivity index (χ0v) is 69.4. The lowest BCUT2D eigenvalue weighted by molar-refractivity contribution is -0.161. The van der Waals surface area contributed by atoms with E-state index >= 15 is 0 Å². The van der Waals surface area contributed by atoms with Crippen LogP contribution in [0.5, 0.6) is 0 Å². The van der Waals surface area contributed by atoms with E-state index in [2.05, 4.69) is 41.5 Å². The number of carbonyl (C=O) groups is 4. The minimum Gasteiger partial charge on any atom is -0.462 e. The van der Waals surface area contributed by atoms with Crippen molar-refractivity contribution in [3.8, 4) is 0 Å². The standard InChI is InChI=1S/C84H164O17P2/c1-7-10-12-14-16-18-20-22-24-26-27-29-35-39-43-51-57-63-69-83(88)100-79(72-94-81(86)66-60-54-48-41-37-33-31-30-32-36-40-46-52-58-64-76(4)5)74-98-102(90,91)96-70-78(85)71-97-103(92,93)99-75-80(73-95-82(87)67-61-55-49-45-44-47-53-59-65-77(6)9-3)101-84(89)68-62-56-50-42-38-34-28-25-23-21-19-17-15-13-11-8-2/h76-80,85H,7-75H2,1-6H3,(H,90,91)(H,92,93)/t77?,78-,79-,80-/m1/s1. The molecule has 0 spiro atoms. The van der Waals surface area contributed by atoms with Crippen LogP contribution in [0.3, 0.4) is 0 Å². The van der Waals surface area contributed by atoms with Gasteiger partial charge in [-0.1, -0.05) is 395 Å². The molecule has 19 heteroatoms. The Hall–Kier alpha value is -1.94. The molecule has 0 aliphatic rings. The minimum absolute atomic E-state index is 0.108. The number of aliphatic hydroxyl groups excluding tert-OH is 1. The van der Waals surface area contributed by atoms with Gasteiger partial charge in [0.1, 0.15) is 19.3 Å². The average Bonchev–Trinajstić information content (AvgIpc) is 0.925. The average molecular weight is 1510 g/mol. The van der Waals surface area contributed by atoms with Crippen LogP contribution in [-0.4, -0.2) is 96.7 Å². The van der Waals surface area contributed by atoms with Crippen LogP contribution in [0.15, 0.2) is 0 Å². The molecule has 0 aliphatic heterocycles. The Kier molecular flexibility index (Phi) is 74.1. The molecule has 0 bridgehead atoms. The fourth-order valence-electron chi connectivity index (χ4n) is 13.0. The Morgan fingerprint density at radius 3 is 0.738 bits per heavy atom. The molecule has 0 saturated heterocycles. The van der Waals surface area contributed by atoms with Gasteiger partial charge >= 0.3 is 39.5 Å². The highest BCUT2D eigenvalue weighted by Gasteiger charge is 2.30. The monoisotopic (exact) mass is 1510 g/mol. The largest absolute Gasteiger partial charge is 0.472 e. The number of carbonyl (C=O) groups excluding carboxylic acids is 4. The number of rotatable bonds is 83. The highest BCUT2D eigenvalue weighted by atomic mass is 31.2. The Labute approximate surface area is 632 Å². The number of aliphatic hydroxyl groups is 1. The first kappa shape index (κ1) is 101. The van der Waals surface area contributed by atoms with E-state index in [1.807, 2.05) is 0 Å². The molecule has 6 atom stereocenters. The van der Waals surface area contributed by atoms with Gasteiger partial charge in [0.15, 0.2) is 12.2 Å². The van der Waals surface area contributed by atoms with Crippen molar-refractivity contribution in [3.05, 3.63) is 0 Å². The summed E-state index contributed by atoms with van der Waals surface area (Å²) in [5.41, 5.74) is 0. The van der Waals surface area contributed by atoms with E-state index in [1.54, 1.807) is 0 Å². The third kappa shape index (κ3) is 76.6. The van der Waals surface area contributed by atoms with Gasteiger partial charge in [-0.2, -0.15) is 0 Å². The van der Waals surface area contributed by atoms with Crippen LogP contribution in [0.1, 0.15) is 446 Å². The second-order valence-corrected chi connectivity index (χ2v) is 33.8. The predicted octanol–water partition coefficient (Wildman–Crippen LogP) is 25.5. The first-order chi connectivity index (χ1) is 49.9. The zero-order valence-electron chi connectivity index (χ0n) is 67.6. The third-order valence-electron chi connectivity index (χ3n) is 20.1. The molecule has 0 saturated carbocycles. The van der Waals surface area contributed by atoms with Crippen molar-refractivity contribution in [2.24, 2.45) is 11.8 Å². The quantitative estimate of drug-likeness (QED) is 0.0222. The van der Waals surface area contributed by atoms with Crippen molar-refractivity contribution < 1.29 is 80.2 Å². The van der Waals surface area contributed by atoms with E-state index in [1.165, 1.54) is 263 Å². The molecule has 612 valence electrons. The van der Waals surface area contributed by atoms with E-state index in [-0.39, 0.29) is 25.7 Å². The predicted molar refractivity (Wildman–Crippen MR) is 423 cm³/mol. The Morgan fingerprint density at radius 1 is 0.282 bits per heavy atom. The maximum Gasteiger partial charge on any atom is 0.472 e. The van der Waals surface area contributed by atoms with E-state index in [4.69, 9.17) is 37.0 Å². The first-order valence-electron chi connectivity index (χ1n) is 43.5. The van der Waals surface area contributed by atoms with E-state index < -0.39 is 97.5 Å². The topological polar surface area (TPSA) is 237 Å². The van der Waals surface area contributed by atoms with Crippen molar-refractivity contribution >= 4 is 39.5 Å². The second-order valence-electron chi connectivity index (χ2n) is 30.9. The van der Waals surface area contributed by atoms with E-state index in [0.29, 0.717) is 25.7 Å². The molecule has 0 heterocycles. The van der Waals surface area contributed by atoms with E-state index in [9.17, 15) is 43.2 Å². The lowest BCUT2D eigenvalue weighted by Crippen LogP contribution is -2.30. The van der Waals surface area contributed by atoms with Gasteiger partial charge in [-0.3, -0.25) is 37.3 Å². The summed E-state index contributed by atoms with van der Waals surface area (Å²) in [4.78, 5) is 73.2. The molecule has 0 aromatic heterocycles. The fourth-order valence-corrected chi connectivity index (χ4v) is 14.6. The lowest BCUT2D eigenvalue weighted by Gasteiger charge is -2.21. The maximum absolute atomic E-state index is 13.1. The van der Waals surface area contributed by atoms with Gasteiger partial charge in [-0.15, -0.1) is 0 Å². The molecule has 0 aromatic carbocycles. The lowest BCUT2D eigenvalue weighted by atomic mass is 9.99. The number of ether oxygens (including phenoxy) is 4. The number of phosphoric ester groups is 2. The van der Waals surface area contributed by atoms with Gasteiger partial charge in [-0.05, 0) is 37.5 Å². The summed E-state index contributed by atoms with van der Waals surface area (Å²) in [6, 6.07) is 0. The molecule has 103 heavy (non-hydrogen) atoms. The van der Waals surface area contributed by atoms with Crippen LogP contribution in [0.25, 0.3) is 0 Å². The van der Waals surface area contributed by atoms with Gasteiger partial charge in [0.2, 0.25) is 0 Å². The molecular weight excluding hydrogens is 1340 g/mol. The van der Waals surface area contributed by atoms with Crippen molar-refractivity contribution in [2.45, 2.75) is 464 Å². The van der Waals surface area contributed by atoms with Crippen LogP contribution in [0.2, 0.25) is 0 Å². The van der Waals surface area contributed by atoms with Crippen LogP contribution >= 0.6 is 15.6 Å². The molecule has 0 aromatic rings. The Bertz CT molecular complexity index is 1980. The Morgan fingerprint density at radius 2 is 0.495 bits per heavy atom. The van der Waals surface area contributed by atoms with Gasteiger partial charge in [-0.25, -0.2) is 9.13 Å². The smallest absolute Gasteiger partial charge is 0.462 e. The van der Waals surface area contributed by atoms with Crippen molar-refractivity contribution in [3.63, 3.8) is 0 Å². The number of unbranched alkanes of at least 4 members (excludes halogenated alkanes) is 52. The van der Waals surface area contributed by atoms with Gasteiger partial charge in [0.05, 0.1) is 26.4 Å². The molecule has 0 radical (unpaired) electrons. The summed E-state index contributed by atoms with van der Waals surface area (Å²) >= 11 is 0. The summed E-state index contributed by atoms with van der Waals surface area (Å²) in [5.74, 6) is -0.526. The highest BCUT2D eigenvalue weighted by molar-refractivity contribution is 7.47. The molecule has 17 nitrogen and oxygen atoms in total.